The van der Waals surface area contributed by atoms with Gasteiger partial charge < -0.3 is 34.6 Å². The summed E-state index contributed by atoms with van der Waals surface area (Å²) in [6.07, 6.45) is 3.79. The fourth-order valence-corrected chi connectivity index (χ4v) is 4.95. The van der Waals surface area contributed by atoms with Gasteiger partial charge in [0, 0.05) is 23.9 Å². The molecule has 6 N–H and O–H groups in total. The number of esters is 1. The Labute approximate surface area is 283 Å². The number of phosphoric acid groups is 1. The van der Waals surface area contributed by atoms with Gasteiger partial charge >= 0.3 is 19.9 Å². The lowest BCUT2D eigenvalue weighted by atomic mass is 10.1. The van der Waals surface area contributed by atoms with Gasteiger partial charge in [0.2, 0.25) is 6.79 Å². The number of imide groups is 1. The number of aromatic nitrogens is 2. The number of amides is 3. The highest BCUT2D eigenvalue weighted by Crippen LogP contribution is 2.37. The van der Waals surface area contributed by atoms with Crippen molar-refractivity contribution < 1.29 is 52.1 Å². The maximum atomic E-state index is 13.7. The highest BCUT2D eigenvalue weighted by atomic mass is 31.2. The minimum Gasteiger partial charge on any atom is -0.424 e. The molecule has 50 heavy (non-hydrogen) atoms. The highest BCUT2D eigenvalue weighted by Gasteiger charge is 2.40. The van der Waals surface area contributed by atoms with E-state index >= 15 is 0 Å². The van der Waals surface area contributed by atoms with Gasteiger partial charge in [0.1, 0.15) is 12.0 Å². The molecule has 2 heterocycles. The Morgan fingerprint density at radius 1 is 1.10 bits per heavy atom. The van der Waals surface area contributed by atoms with Gasteiger partial charge in [0.05, 0.1) is 28.8 Å². The molecule has 1 aliphatic carbocycles. The number of aliphatic imine (C=N–C) groups is 2. The second-order valence-corrected chi connectivity index (χ2v) is 11.9. The minimum atomic E-state index is -4.78. The molecule has 2 aromatic carbocycles. The van der Waals surface area contributed by atoms with Crippen LogP contribution in [0.3, 0.4) is 0 Å². The molecule has 3 amide bonds. The number of phosphoric ester groups is 1. The Morgan fingerprint density at radius 2 is 1.82 bits per heavy atom. The van der Waals surface area contributed by atoms with Crippen LogP contribution in [-0.4, -0.2) is 73.7 Å². The standard InChI is InChI=1S/C31H30N7O11P/c1-17-3-4-20(28(39)36-25-11-12-48-37-25)13-24(17)35-27(34-15-32)26-18(2)23(14-33-26)29(40)38(21-7-8-21)31(42)47-16-46-30(41)19-5-9-22(10-6-19)49-50(43,44)45/h3-6,9-15,21,33H,7-8,16H2,1-2H3,(H2,32,34,35)(H,36,37,39)(H2,43,44,45). The number of hydrogen-bond acceptors (Lipinski definition) is 11. The monoisotopic (exact) mass is 707 g/mol. The van der Waals surface area contributed by atoms with Crippen molar-refractivity contribution in [2.75, 3.05) is 12.1 Å². The molecular formula is C31H30N7O11P. The SMILES string of the molecule is Cc1ccc(C(=O)Nc2ccon2)cc1N=C(N=CN)c1[nH]cc(C(=O)N(C(=O)OCOC(=O)c2ccc(OP(=O)(O)O)cc2)C2CC2)c1C. The number of anilines is 1. The molecule has 0 spiro atoms. The van der Waals surface area contributed by atoms with Gasteiger partial charge in [-0.2, -0.15) is 0 Å². The van der Waals surface area contributed by atoms with E-state index in [-0.39, 0.29) is 34.1 Å². The molecule has 4 aromatic rings. The first-order chi connectivity index (χ1) is 23.8. The zero-order chi connectivity index (χ0) is 36.0. The average molecular weight is 708 g/mol. The number of nitrogens with zero attached hydrogens (tertiary/aromatic N) is 4. The van der Waals surface area contributed by atoms with Crippen molar-refractivity contribution in [3.63, 3.8) is 0 Å². The summed E-state index contributed by atoms with van der Waals surface area (Å²) in [7, 11) is -4.78. The van der Waals surface area contributed by atoms with Crippen LogP contribution in [0.25, 0.3) is 0 Å². The van der Waals surface area contributed by atoms with E-state index in [1.807, 2.05) is 0 Å². The fraction of sp³-hybridized carbons (Fsp3) is 0.194. The lowest BCUT2D eigenvalue weighted by Crippen LogP contribution is -2.39. The number of benzene rings is 2. The van der Waals surface area contributed by atoms with E-state index in [2.05, 4.69) is 30.0 Å². The van der Waals surface area contributed by atoms with Crippen LogP contribution in [0, 0.1) is 13.8 Å². The molecule has 0 aliphatic heterocycles. The molecule has 0 bridgehead atoms. The molecule has 0 saturated heterocycles. The van der Waals surface area contributed by atoms with E-state index in [1.165, 1.54) is 30.7 Å². The first-order valence-corrected chi connectivity index (χ1v) is 16.2. The molecule has 5 rings (SSSR count). The zero-order valence-electron chi connectivity index (χ0n) is 26.4. The van der Waals surface area contributed by atoms with Gasteiger partial charge in [-0.1, -0.05) is 11.2 Å². The zero-order valence-corrected chi connectivity index (χ0v) is 27.3. The largest absolute Gasteiger partial charge is 0.524 e. The number of hydrogen-bond donors (Lipinski definition) is 5. The van der Waals surface area contributed by atoms with Gasteiger partial charge in [-0.15, -0.1) is 0 Å². The van der Waals surface area contributed by atoms with E-state index < -0.39 is 44.5 Å². The van der Waals surface area contributed by atoms with E-state index in [4.69, 9.17) is 29.5 Å². The van der Waals surface area contributed by atoms with Crippen molar-refractivity contribution in [1.82, 2.24) is 15.0 Å². The quantitative estimate of drug-likeness (QED) is 0.0486. The second-order valence-electron chi connectivity index (χ2n) is 10.7. The number of aromatic amines is 1. The summed E-state index contributed by atoms with van der Waals surface area (Å²) in [5.74, 6) is -1.88. The summed E-state index contributed by atoms with van der Waals surface area (Å²) in [6.45, 7) is 2.60. The summed E-state index contributed by atoms with van der Waals surface area (Å²) in [5, 5.41) is 6.28. The van der Waals surface area contributed by atoms with Crippen molar-refractivity contribution in [3.05, 3.63) is 94.5 Å². The lowest BCUT2D eigenvalue weighted by Gasteiger charge is -2.20. The van der Waals surface area contributed by atoms with Crippen molar-refractivity contribution in [2.45, 2.75) is 32.7 Å². The molecule has 0 unspecified atom stereocenters. The van der Waals surface area contributed by atoms with Crippen LogP contribution >= 0.6 is 7.82 Å². The van der Waals surface area contributed by atoms with Crippen molar-refractivity contribution in [1.29, 1.82) is 0 Å². The summed E-state index contributed by atoms with van der Waals surface area (Å²) >= 11 is 0. The van der Waals surface area contributed by atoms with Crippen LogP contribution in [0.4, 0.5) is 16.3 Å². The second kappa shape index (κ2) is 15.0. The summed E-state index contributed by atoms with van der Waals surface area (Å²) in [5.41, 5.74) is 7.83. The molecule has 0 atom stereocenters. The Kier molecular flexibility index (Phi) is 10.6. The Hall–Kier alpha value is -6.10. The Balaban J connectivity index is 1.28. The van der Waals surface area contributed by atoms with E-state index in [0.717, 1.165) is 23.4 Å². The molecular weight excluding hydrogens is 677 g/mol. The molecule has 1 fully saturated rings. The van der Waals surface area contributed by atoms with E-state index in [1.54, 1.807) is 32.0 Å². The number of rotatable bonds is 11. The highest BCUT2D eigenvalue weighted by molar-refractivity contribution is 7.46. The summed E-state index contributed by atoms with van der Waals surface area (Å²) < 4.78 is 30.2. The number of amidine groups is 1. The fourth-order valence-electron chi connectivity index (χ4n) is 4.56. The van der Waals surface area contributed by atoms with Crippen LogP contribution in [0.15, 0.2) is 75.5 Å². The van der Waals surface area contributed by atoms with Crippen LogP contribution in [-0.2, 0) is 14.0 Å². The Bertz CT molecular complexity index is 2010. The molecule has 18 nitrogen and oxygen atoms in total. The van der Waals surface area contributed by atoms with Crippen molar-refractivity contribution in [3.8, 4) is 5.75 Å². The molecule has 19 heteroatoms. The number of carbonyl (C=O) groups excluding carboxylic acids is 4. The van der Waals surface area contributed by atoms with Crippen molar-refractivity contribution >= 4 is 55.4 Å². The lowest BCUT2D eigenvalue weighted by molar-refractivity contribution is -0.0110. The number of carbonyl (C=O) groups is 4. The molecule has 260 valence electrons. The van der Waals surface area contributed by atoms with Crippen LogP contribution < -0.4 is 15.6 Å². The van der Waals surface area contributed by atoms with E-state index in [0.29, 0.717) is 35.3 Å². The number of nitrogens with one attached hydrogen (secondary N) is 2. The number of nitrogens with two attached hydrogens (primary N) is 1. The van der Waals surface area contributed by atoms with Gasteiger partial charge in [0.25, 0.3) is 11.8 Å². The molecule has 0 radical (unpaired) electrons. The Morgan fingerprint density at radius 3 is 2.46 bits per heavy atom. The maximum absolute atomic E-state index is 13.7. The summed E-state index contributed by atoms with van der Waals surface area (Å²) in [4.78, 5) is 82.3. The maximum Gasteiger partial charge on any atom is 0.524 e. The summed E-state index contributed by atoms with van der Waals surface area (Å²) in [6, 6.07) is 10.6. The van der Waals surface area contributed by atoms with Gasteiger partial charge in [-0.05, 0) is 74.2 Å². The normalized spacial score (nSPS) is 13.2. The molecule has 1 saturated carbocycles. The third-order valence-corrected chi connectivity index (χ3v) is 7.63. The smallest absolute Gasteiger partial charge is 0.424 e. The van der Waals surface area contributed by atoms with Gasteiger partial charge in [-0.3, -0.25) is 19.4 Å². The minimum absolute atomic E-state index is 0.0148. The first kappa shape index (κ1) is 35.2. The number of H-pyrrole nitrogens is 1. The third-order valence-electron chi connectivity index (χ3n) is 7.18. The van der Waals surface area contributed by atoms with Crippen LogP contribution in [0.2, 0.25) is 0 Å². The third kappa shape index (κ3) is 8.67. The van der Waals surface area contributed by atoms with Crippen LogP contribution in [0.5, 0.6) is 5.75 Å². The predicted molar refractivity (Wildman–Crippen MR) is 175 cm³/mol. The number of ether oxygens (including phenoxy) is 2. The molecule has 1 aliphatic rings. The van der Waals surface area contributed by atoms with Gasteiger partial charge in [0.15, 0.2) is 11.7 Å². The van der Waals surface area contributed by atoms with Gasteiger partial charge in [-0.25, -0.2) is 29.0 Å². The topological polar surface area (TPSA) is 261 Å². The van der Waals surface area contributed by atoms with E-state index in [9.17, 15) is 23.7 Å². The molecule has 2 aromatic heterocycles. The van der Waals surface area contributed by atoms with Crippen LogP contribution in [0.1, 0.15) is 60.7 Å². The first-order valence-electron chi connectivity index (χ1n) is 14.7. The van der Waals surface area contributed by atoms with Crippen molar-refractivity contribution in [2.24, 2.45) is 15.7 Å². The number of aryl methyl sites for hydroxylation is 1. The predicted octanol–water partition coefficient (Wildman–Crippen LogP) is 3.96. The average Bonchev–Trinajstić information content (AvgIpc) is 3.61.